The Balaban J connectivity index is 1.74. The minimum absolute atomic E-state index is 0.115. The number of nitrogens with two attached hydrogens (primary N) is 1. The molecular weight excluding hydrogens is 256 g/mol. The number of anilines is 1. The van der Waals surface area contributed by atoms with E-state index < -0.39 is 0 Å². The maximum absolute atomic E-state index is 9.44. The summed E-state index contributed by atoms with van der Waals surface area (Å²) in [6.45, 7) is 2.61. The maximum atomic E-state index is 9.44. The normalized spacial score (nSPS) is 16.6. The molecule has 0 radical (unpaired) electrons. The fourth-order valence-corrected chi connectivity index (χ4v) is 2.45. The predicted octanol–water partition coefficient (Wildman–Crippen LogP) is 0.747. The maximum Gasteiger partial charge on any atom is 0.245 e. The van der Waals surface area contributed by atoms with Gasteiger partial charge in [-0.15, -0.1) is 5.10 Å². The molecule has 3 rings (SSSR count). The van der Waals surface area contributed by atoms with Crippen LogP contribution in [0.1, 0.15) is 12.8 Å². The number of rotatable bonds is 3. The van der Waals surface area contributed by atoms with E-state index in [2.05, 4.69) is 25.1 Å². The molecule has 1 aliphatic heterocycles. The number of piperidine rings is 1. The summed E-state index contributed by atoms with van der Waals surface area (Å²) in [7, 11) is 0. The van der Waals surface area contributed by atoms with Crippen LogP contribution < -0.4 is 10.6 Å². The van der Waals surface area contributed by atoms with Crippen molar-refractivity contribution in [3.05, 3.63) is 18.5 Å². The number of aromatic amines is 1. The molecule has 20 heavy (non-hydrogen) atoms. The van der Waals surface area contributed by atoms with E-state index in [1.165, 1.54) is 6.20 Å². The fourth-order valence-electron chi connectivity index (χ4n) is 2.45. The zero-order valence-corrected chi connectivity index (χ0v) is 11.2. The lowest BCUT2D eigenvalue weighted by Gasteiger charge is -2.30. The first kappa shape index (κ1) is 12.9. The molecule has 0 aromatic carbocycles. The van der Waals surface area contributed by atoms with Crippen molar-refractivity contribution < 1.29 is 5.11 Å². The molecule has 1 saturated heterocycles. The third kappa shape index (κ3) is 2.57. The second kappa shape index (κ2) is 5.46. The SMILES string of the molecule is NCC1CCN(c2n[nH]c(-c3cncc(O)c3)n2)CC1. The van der Waals surface area contributed by atoms with Crippen LogP contribution in [0.2, 0.25) is 0 Å². The summed E-state index contributed by atoms with van der Waals surface area (Å²) in [5.74, 6) is 2.03. The highest BCUT2D eigenvalue weighted by atomic mass is 16.3. The van der Waals surface area contributed by atoms with Gasteiger partial charge in [0.25, 0.3) is 0 Å². The summed E-state index contributed by atoms with van der Waals surface area (Å²) in [5, 5.41) is 16.6. The van der Waals surface area contributed by atoms with E-state index in [0.29, 0.717) is 17.7 Å². The van der Waals surface area contributed by atoms with E-state index in [4.69, 9.17) is 5.73 Å². The first-order valence-electron chi connectivity index (χ1n) is 6.78. The lowest BCUT2D eigenvalue weighted by Crippen LogP contribution is -2.36. The Bertz CT molecular complexity index is 576. The van der Waals surface area contributed by atoms with Gasteiger partial charge in [0.2, 0.25) is 5.95 Å². The number of H-pyrrole nitrogens is 1. The Morgan fingerprint density at radius 1 is 1.35 bits per heavy atom. The minimum Gasteiger partial charge on any atom is -0.506 e. The molecule has 0 bridgehead atoms. The summed E-state index contributed by atoms with van der Waals surface area (Å²) in [4.78, 5) is 10.6. The van der Waals surface area contributed by atoms with Gasteiger partial charge in [-0.3, -0.25) is 10.1 Å². The smallest absolute Gasteiger partial charge is 0.245 e. The molecule has 0 amide bonds. The summed E-state index contributed by atoms with van der Waals surface area (Å²) >= 11 is 0. The summed E-state index contributed by atoms with van der Waals surface area (Å²) < 4.78 is 0. The third-order valence-corrected chi connectivity index (χ3v) is 3.70. The number of hydrogen-bond donors (Lipinski definition) is 3. The molecule has 0 atom stereocenters. The van der Waals surface area contributed by atoms with Gasteiger partial charge in [0, 0.05) is 24.8 Å². The second-order valence-corrected chi connectivity index (χ2v) is 5.08. The van der Waals surface area contributed by atoms with Crippen molar-refractivity contribution in [1.82, 2.24) is 20.2 Å². The van der Waals surface area contributed by atoms with Gasteiger partial charge in [-0.05, 0) is 31.4 Å². The zero-order valence-electron chi connectivity index (χ0n) is 11.2. The molecule has 1 fully saturated rings. The van der Waals surface area contributed by atoms with Crippen LogP contribution in [0.25, 0.3) is 11.4 Å². The first-order valence-corrected chi connectivity index (χ1v) is 6.78. The van der Waals surface area contributed by atoms with Gasteiger partial charge in [-0.2, -0.15) is 4.98 Å². The van der Waals surface area contributed by atoms with Gasteiger partial charge in [0.1, 0.15) is 5.75 Å². The van der Waals surface area contributed by atoms with E-state index in [-0.39, 0.29) is 5.75 Å². The Hall–Kier alpha value is -2.15. The van der Waals surface area contributed by atoms with Crippen LogP contribution in [0.3, 0.4) is 0 Å². The number of nitrogens with zero attached hydrogens (tertiary/aromatic N) is 4. The van der Waals surface area contributed by atoms with Crippen LogP contribution in [-0.4, -0.2) is 44.9 Å². The number of pyridine rings is 1. The zero-order chi connectivity index (χ0) is 13.9. The van der Waals surface area contributed by atoms with Crippen LogP contribution >= 0.6 is 0 Å². The average molecular weight is 274 g/mol. The van der Waals surface area contributed by atoms with Crippen molar-refractivity contribution in [3.8, 4) is 17.1 Å². The Morgan fingerprint density at radius 2 is 2.15 bits per heavy atom. The van der Waals surface area contributed by atoms with Crippen LogP contribution in [0.4, 0.5) is 5.95 Å². The second-order valence-electron chi connectivity index (χ2n) is 5.08. The molecule has 7 nitrogen and oxygen atoms in total. The molecule has 0 unspecified atom stereocenters. The minimum atomic E-state index is 0.115. The number of nitrogens with one attached hydrogen (secondary N) is 1. The highest BCUT2D eigenvalue weighted by Crippen LogP contribution is 2.23. The Morgan fingerprint density at radius 3 is 2.85 bits per heavy atom. The number of aromatic nitrogens is 4. The van der Waals surface area contributed by atoms with Crippen LogP contribution in [-0.2, 0) is 0 Å². The van der Waals surface area contributed by atoms with E-state index in [9.17, 15) is 5.11 Å². The van der Waals surface area contributed by atoms with Crippen LogP contribution in [0.5, 0.6) is 5.75 Å². The Labute approximate surface area is 116 Å². The monoisotopic (exact) mass is 274 g/mol. The molecule has 0 saturated carbocycles. The van der Waals surface area contributed by atoms with Crippen molar-refractivity contribution >= 4 is 5.95 Å². The molecule has 2 aromatic rings. The molecule has 1 aliphatic rings. The van der Waals surface area contributed by atoms with E-state index in [1.54, 1.807) is 12.3 Å². The fraction of sp³-hybridized carbons (Fsp3) is 0.462. The van der Waals surface area contributed by atoms with Gasteiger partial charge >= 0.3 is 0 Å². The van der Waals surface area contributed by atoms with Crippen molar-refractivity contribution in [2.24, 2.45) is 11.7 Å². The first-order chi connectivity index (χ1) is 9.76. The van der Waals surface area contributed by atoms with Crippen molar-refractivity contribution in [2.75, 3.05) is 24.5 Å². The number of hydrogen-bond acceptors (Lipinski definition) is 6. The van der Waals surface area contributed by atoms with Gasteiger partial charge in [-0.1, -0.05) is 0 Å². The molecule has 3 heterocycles. The highest BCUT2D eigenvalue weighted by molar-refractivity contribution is 5.56. The lowest BCUT2D eigenvalue weighted by atomic mass is 9.97. The highest BCUT2D eigenvalue weighted by Gasteiger charge is 2.21. The van der Waals surface area contributed by atoms with Gasteiger partial charge in [0.15, 0.2) is 5.82 Å². The summed E-state index contributed by atoms with van der Waals surface area (Å²) in [6, 6.07) is 1.61. The molecule has 106 valence electrons. The van der Waals surface area contributed by atoms with Crippen LogP contribution in [0.15, 0.2) is 18.5 Å². The quantitative estimate of drug-likeness (QED) is 0.763. The largest absolute Gasteiger partial charge is 0.506 e. The topological polar surface area (TPSA) is 104 Å². The van der Waals surface area contributed by atoms with E-state index >= 15 is 0 Å². The summed E-state index contributed by atoms with van der Waals surface area (Å²) in [5.41, 5.74) is 6.42. The molecule has 2 aromatic heterocycles. The molecule has 0 spiro atoms. The average Bonchev–Trinajstić information content (AvgIpc) is 2.97. The van der Waals surface area contributed by atoms with E-state index in [0.717, 1.165) is 38.0 Å². The van der Waals surface area contributed by atoms with E-state index in [1.807, 2.05) is 0 Å². The van der Waals surface area contributed by atoms with Gasteiger partial charge < -0.3 is 15.7 Å². The predicted molar refractivity (Wildman–Crippen MR) is 75.3 cm³/mol. The molecule has 0 aliphatic carbocycles. The Kier molecular flexibility index (Phi) is 3.51. The lowest BCUT2D eigenvalue weighted by molar-refractivity contribution is 0.411. The molecule has 4 N–H and O–H groups in total. The third-order valence-electron chi connectivity index (χ3n) is 3.70. The molecule has 7 heteroatoms. The van der Waals surface area contributed by atoms with Crippen molar-refractivity contribution in [3.63, 3.8) is 0 Å². The van der Waals surface area contributed by atoms with Gasteiger partial charge in [-0.25, -0.2) is 0 Å². The standard InChI is InChI=1S/C13H18N6O/c14-6-9-1-3-19(4-2-9)13-16-12(17-18-13)10-5-11(20)8-15-7-10/h5,7-9,20H,1-4,6,14H2,(H,16,17,18). The van der Waals surface area contributed by atoms with Crippen molar-refractivity contribution in [1.29, 1.82) is 0 Å². The molecular formula is C13H18N6O. The number of aromatic hydroxyl groups is 1. The van der Waals surface area contributed by atoms with Crippen molar-refractivity contribution in [2.45, 2.75) is 12.8 Å². The van der Waals surface area contributed by atoms with Gasteiger partial charge in [0.05, 0.1) is 6.20 Å². The summed E-state index contributed by atoms with van der Waals surface area (Å²) in [6.07, 6.45) is 5.19. The van der Waals surface area contributed by atoms with Crippen LogP contribution in [0, 0.1) is 5.92 Å².